The van der Waals surface area contributed by atoms with Gasteiger partial charge in [-0.3, -0.25) is 14.1 Å². The van der Waals surface area contributed by atoms with Gasteiger partial charge >= 0.3 is 11.9 Å². The van der Waals surface area contributed by atoms with E-state index >= 15 is 0 Å². The molecule has 12 nitrogen and oxygen atoms in total. The highest BCUT2D eigenvalue weighted by Crippen LogP contribution is 2.24. The fourth-order valence-electron chi connectivity index (χ4n) is 7.28. The number of esters is 2. The molecule has 60 heavy (non-hydrogen) atoms. The molecule has 0 aromatic heterocycles. The highest BCUT2D eigenvalue weighted by Gasteiger charge is 2.46. The summed E-state index contributed by atoms with van der Waals surface area (Å²) in [5.41, 5.74) is 0. The van der Waals surface area contributed by atoms with Crippen LogP contribution in [0.25, 0.3) is 0 Å². The lowest BCUT2D eigenvalue weighted by Gasteiger charge is -2.40. The smallest absolute Gasteiger partial charge is 0.306 e. The molecule has 6 atom stereocenters. The summed E-state index contributed by atoms with van der Waals surface area (Å²) in [6.07, 6.45) is 32.3. The highest BCUT2D eigenvalue weighted by molar-refractivity contribution is 7.85. The molecule has 1 rings (SSSR count). The molecule has 13 heteroatoms. The third kappa shape index (κ3) is 31.9. The van der Waals surface area contributed by atoms with Crippen LogP contribution in [0, 0.1) is 0 Å². The van der Waals surface area contributed by atoms with Gasteiger partial charge in [-0.25, -0.2) is 0 Å². The number of hydrogen-bond donors (Lipinski definition) is 4. The van der Waals surface area contributed by atoms with Crippen LogP contribution >= 0.6 is 0 Å². The van der Waals surface area contributed by atoms with Crippen LogP contribution < -0.4 is 0 Å². The van der Waals surface area contributed by atoms with Crippen molar-refractivity contribution in [2.24, 2.45) is 0 Å². The molecule has 1 aliphatic heterocycles. The standard InChI is InChI=1S/C47H86O12S/c1-3-5-7-9-11-13-15-17-19-20-22-23-25-27-29-31-33-35-42(48)56-37-40(38-57-47-46(52)45(51)44(50)41(59-47)39-60(53,54)55)58-43(49)36-34-32-30-28-26-24-21-18-16-14-12-10-8-6-4-2/h17,19,30,32,40-41,44-47,50-52H,3-16,18,20-29,31,33-39H2,1-2H3,(H,53,54,55)/b19-17+,32-30+/t40-,41-,44-,45?,46?,47+/m1/s1. The van der Waals surface area contributed by atoms with Crippen LogP contribution in [0.3, 0.4) is 0 Å². The number of rotatable bonds is 40. The molecule has 0 amide bonds. The van der Waals surface area contributed by atoms with Gasteiger partial charge in [-0.15, -0.1) is 0 Å². The van der Waals surface area contributed by atoms with Crippen molar-refractivity contribution in [3.05, 3.63) is 24.3 Å². The van der Waals surface area contributed by atoms with Crippen molar-refractivity contribution in [3.63, 3.8) is 0 Å². The third-order valence-corrected chi connectivity index (χ3v) is 11.8. The molecule has 1 aliphatic rings. The van der Waals surface area contributed by atoms with Gasteiger partial charge in [-0.05, 0) is 51.4 Å². The van der Waals surface area contributed by atoms with Crippen molar-refractivity contribution in [2.45, 2.75) is 243 Å². The lowest BCUT2D eigenvalue weighted by molar-refractivity contribution is -0.297. The van der Waals surface area contributed by atoms with E-state index in [1.165, 1.54) is 128 Å². The van der Waals surface area contributed by atoms with Crippen LogP contribution in [-0.2, 0) is 38.7 Å². The first-order chi connectivity index (χ1) is 29.0. The quantitative estimate of drug-likeness (QED) is 0.0198. The minimum absolute atomic E-state index is 0.0824. The number of aliphatic hydroxyl groups excluding tert-OH is 3. The van der Waals surface area contributed by atoms with Gasteiger partial charge in [0.15, 0.2) is 12.4 Å². The van der Waals surface area contributed by atoms with Crippen molar-refractivity contribution >= 4 is 22.1 Å². The van der Waals surface area contributed by atoms with Crippen LogP contribution in [0.15, 0.2) is 24.3 Å². The first kappa shape index (κ1) is 56.1. The summed E-state index contributed by atoms with van der Waals surface area (Å²) >= 11 is 0. The van der Waals surface area contributed by atoms with Crippen molar-refractivity contribution < 1.29 is 56.8 Å². The summed E-state index contributed by atoms with van der Waals surface area (Å²) in [4.78, 5) is 25.4. The summed E-state index contributed by atoms with van der Waals surface area (Å²) in [6.45, 7) is 3.74. The SMILES string of the molecule is CCCCCCCC/C=C/CCCCCCCCCC(=O)OC[C@H](CO[C@H]1O[C@H](CS(=O)(=O)O)[C@@H](O)C(O)C1O)OC(=O)CC/C=C/CCCCCCCCCCCCC. The lowest BCUT2D eigenvalue weighted by Crippen LogP contribution is -2.60. The number of aliphatic hydroxyl groups is 3. The molecule has 1 heterocycles. The second-order valence-electron chi connectivity index (χ2n) is 16.8. The Balaban J connectivity index is 2.43. The molecule has 0 aliphatic carbocycles. The van der Waals surface area contributed by atoms with Gasteiger partial charge < -0.3 is 34.3 Å². The zero-order valence-corrected chi connectivity index (χ0v) is 38.4. The lowest BCUT2D eigenvalue weighted by atomic mass is 10.00. The number of unbranched alkanes of at least 4 members (excludes halogenated alkanes) is 24. The Morgan fingerprint density at radius 3 is 1.45 bits per heavy atom. The molecular weight excluding hydrogens is 789 g/mol. The summed E-state index contributed by atoms with van der Waals surface area (Å²) in [7, 11) is -4.60. The van der Waals surface area contributed by atoms with Crippen LogP contribution in [0.5, 0.6) is 0 Å². The molecule has 2 unspecified atom stereocenters. The molecule has 1 saturated heterocycles. The van der Waals surface area contributed by atoms with Crippen molar-refractivity contribution in [1.82, 2.24) is 0 Å². The van der Waals surface area contributed by atoms with Gasteiger partial charge in [-0.1, -0.05) is 167 Å². The van der Waals surface area contributed by atoms with Crippen molar-refractivity contribution in [1.29, 1.82) is 0 Å². The fourth-order valence-corrected chi connectivity index (χ4v) is 7.97. The molecule has 0 aromatic carbocycles. The zero-order valence-electron chi connectivity index (χ0n) is 37.6. The van der Waals surface area contributed by atoms with Crippen molar-refractivity contribution in [3.8, 4) is 0 Å². The average molecular weight is 875 g/mol. The first-order valence-corrected chi connectivity index (χ1v) is 25.5. The van der Waals surface area contributed by atoms with E-state index in [9.17, 15) is 37.9 Å². The van der Waals surface area contributed by atoms with E-state index in [2.05, 4.69) is 32.1 Å². The first-order valence-electron chi connectivity index (χ1n) is 23.9. The maximum absolute atomic E-state index is 12.8. The number of carbonyl (C=O) groups is 2. The second-order valence-corrected chi connectivity index (χ2v) is 18.3. The number of carbonyl (C=O) groups excluding carboxylic acids is 2. The predicted molar refractivity (Wildman–Crippen MR) is 238 cm³/mol. The Morgan fingerprint density at radius 1 is 0.550 bits per heavy atom. The van der Waals surface area contributed by atoms with Gasteiger partial charge in [0.05, 0.1) is 6.61 Å². The molecule has 0 aromatic rings. The fraction of sp³-hybridized carbons (Fsp3) is 0.872. The number of allylic oxidation sites excluding steroid dienone is 4. The summed E-state index contributed by atoms with van der Waals surface area (Å²) in [6, 6.07) is 0. The van der Waals surface area contributed by atoms with Crippen LogP contribution in [0.2, 0.25) is 0 Å². The molecule has 4 N–H and O–H groups in total. The summed E-state index contributed by atoms with van der Waals surface area (Å²) in [5, 5.41) is 30.9. The monoisotopic (exact) mass is 875 g/mol. The van der Waals surface area contributed by atoms with E-state index < -0.39 is 71.2 Å². The van der Waals surface area contributed by atoms with Crippen LogP contribution in [-0.4, -0.2) is 96.0 Å². The van der Waals surface area contributed by atoms with Crippen LogP contribution in [0.4, 0.5) is 0 Å². The van der Waals surface area contributed by atoms with E-state index in [0.29, 0.717) is 12.8 Å². The van der Waals surface area contributed by atoms with Gasteiger partial charge in [0, 0.05) is 12.8 Å². The average Bonchev–Trinajstić information content (AvgIpc) is 3.21. The third-order valence-electron chi connectivity index (χ3n) is 11.0. The van der Waals surface area contributed by atoms with Gasteiger partial charge in [0.25, 0.3) is 10.1 Å². The minimum atomic E-state index is -4.60. The van der Waals surface area contributed by atoms with E-state index in [0.717, 1.165) is 38.5 Å². The number of hydrogen-bond acceptors (Lipinski definition) is 11. The normalized spacial score (nSPS) is 20.3. The van der Waals surface area contributed by atoms with E-state index in [1.54, 1.807) is 0 Å². The van der Waals surface area contributed by atoms with E-state index in [4.69, 9.17) is 18.9 Å². The van der Waals surface area contributed by atoms with E-state index in [-0.39, 0.29) is 19.4 Å². The summed E-state index contributed by atoms with van der Waals surface area (Å²) < 4.78 is 54.0. The topological polar surface area (TPSA) is 186 Å². The van der Waals surface area contributed by atoms with Crippen LogP contribution in [0.1, 0.15) is 206 Å². The van der Waals surface area contributed by atoms with Gasteiger partial charge in [0.1, 0.15) is 36.8 Å². The molecule has 0 bridgehead atoms. The maximum atomic E-state index is 12.8. The maximum Gasteiger partial charge on any atom is 0.306 e. The molecule has 0 spiro atoms. The largest absolute Gasteiger partial charge is 0.462 e. The Hall–Kier alpha value is -1.87. The Kier molecular flexibility index (Phi) is 35.2. The Labute approximate surface area is 364 Å². The highest BCUT2D eigenvalue weighted by atomic mass is 32.2. The number of ether oxygens (including phenoxy) is 4. The van der Waals surface area contributed by atoms with Crippen molar-refractivity contribution in [2.75, 3.05) is 19.0 Å². The minimum Gasteiger partial charge on any atom is -0.462 e. The van der Waals surface area contributed by atoms with E-state index in [1.807, 2.05) is 6.08 Å². The molecule has 0 saturated carbocycles. The molecule has 0 radical (unpaired) electrons. The van der Waals surface area contributed by atoms with Gasteiger partial charge in [0.2, 0.25) is 0 Å². The summed E-state index contributed by atoms with van der Waals surface area (Å²) in [5.74, 6) is -2.04. The van der Waals surface area contributed by atoms with Gasteiger partial charge in [-0.2, -0.15) is 8.42 Å². The second kappa shape index (κ2) is 37.7. The predicted octanol–water partition coefficient (Wildman–Crippen LogP) is 10.0. The Morgan fingerprint density at radius 2 is 0.983 bits per heavy atom. The molecule has 1 fully saturated rings. The zero-order chi connectivity index (χ0) is 44.1. The molecular formula is C47H86O12S. The Bertz CT molecular complexity index is 1210. The molecule has 352 valence electrons.